The minimum atomic E-state index is -2.94. The lowest BCUT2D eigenvalue weighted by atomic mass is 10.1. The Kier molecular flexibility index (Phi) is 4.58. The number of rotatable bonds is 3. The molecule has 0 bridgehead atoms. The number of nitrogens with one attached hydrogen (secondary N) is 1. The van der Waals surface area contributed by atoms with E-state index in [1.807, 2.05) is 6.07 Å². The van der Waals surface area contributed by atoms with Gasteiger partial charge in [0.2, 0.25) is 0 Å². The van der Waals surface area contributed by atoms with Crippen LogP contribution in [0.2, 0.25) is 0 Å². The van der Waals surface area contributed by atoms with Gasteiger partial charge in [-0.1, -0.05) is 6.07 Å². The van der Waals surface area contributed by atoms with Gasteiger partial charge in [-0.2, -0.15) is 0 Å². The second-order valence-corrected chi connectivity index (χ2v) is 8.83. The van der Waals surface area contributed by atoms with Gasteiger partial charge in [0.1, 0.15) is 5.82 Å². The van der Waals surface area contributed by atoms with Gasteiger partial charge in [-0.15, -0.1) is 0 Å². The highest BCUT2D eigenvalue weighted by atomic mass is 32.2. The van der Waals surface area contributed by atoms with E-state index in [-0.39, 0.29) is 22.9 Å². The van der Waals surface area contributed by atoms with Crippen molar-refractivity contribution in [1.29, 1.82) is 0 Å². The number of benzene rings is 1. The van der Waals surface area contributed by atoms with E-state index in [1.165, 1.54) is 6.07 Å². The molecule has 0 amide bonds. The molecule has 1 fully saturated rings. The first kappa shape index (κ1) is 16.2. The summed E-state index contributed by atoms with van der Waals surface area (Å²) in [5, 5.41) is 3.32. The monoisotopic (exact) mass is 314 g/mol. The molecule has 1 aromatic carbocycles. The Morgan fingerprint density at radius 2 is 1.86 bits per heavy atom. The number of hydrogen-bond donors (Lipinski definition) is 1. The molecule has 0 aromatic heterocycles. The van der Waals surface area contributed by atoms with Crippen LogP contribution < -0.4 is 10.2 Å². The summed E-state index contributed by atoms with van der Waals surface area (Å²) in [7, 11) is -2.94. The number of nitrogens with zero attached hydrogens (tertiary/aromatic N) is 1. The highest BCUT2D eigenvalue weighted by Crippen LogP contribution is 2.22. The summed E-state index contributed by atoms with van der Waals surface area (Å²) >= 11 is 0. The van der Waals surface area contributed by atoms with Gasteiger partial charge in [-0.3, -0.25) is 0 Å². The van der Waals surface area contributed by atoms with Crippen molar-refractivity contribution in [1.82, 2.24) is 5.32 Å². The Bertz CT molecular complexity index is 595. The third-order valence-electron chi connectivity index (χ3n) is 3.52. The Balaban J connectivity index is 2.06. The van der Waals surface area contributed by atoms with Gasteiger partial charge in [0, 0.05) is 25.2 Å². The molecular weight excluding hydrogens is 291 g/mol. The first-order valence-corrected chi connectivity index (χ1v) is 8.97. The first-order valence-electron chi connectivity index (χ1n) is 7.15. The molecule has 1 N–H and O–H groups in total. The molecule has 1 aliphatic heterocycles. The second kappa shape index (κ2) is 5.93. The van der Waals surface area contributed by atoms with E-state index in [1.54, 1.807) is 11.0 Å². The van der Waals surface area contributed by atoms with Gasteiger partial charge < -0.3 is 10.2 Å². The van der Waals surface area contributed by atoms with Gasteiger partial charge in [0.05, 0.1) is 17.2 Å². The van der Waals surface area contributed by atoms with Crippen LogP contribution in [0.25, 0.3) is 0 Å². The zero-order valence-corrected chi connectivity index (χ0v) is 13.6. The highest BCUT2D eigenvalue weighted by Gasteiger charge is 2.23. The zero-order valence-electron chi connectivity index (χ0n) is 12.8. The quantitative estimate of drug-likeness (QED) is 0.926. The van der Waals surface area contributed by atoms with E-state index in [0.717, 1.165) is 5.56 Å². The van der Waals surface area contributed by atoms with Crippen molar-refractivity contribution in [3.8, 4) is 0 Å². The van der Waals surface area contributed by atoms with Crippen molar-refractivity contribution < 1.29 is 12.8 Å². The maximum atomic E-state index is 14.2. The molecule has 1 aromatic rings. The van der Waals surface area contributed by atoms with E-state index in [9.17, 15) is 12.8 Å². The average molecular weight is 314 g/mol. The summed E-state index contributed by atoms with van der Waals surface area (Å²) in [4.78, 5) is 1.80. The van der Waals surface area contributed by atoms with Crippen LogP contribution in [-0.2, 0) is 16.4 Å². The largest absolute Gasteiger partial charge is 0.367 e. The van der Waals surface area contributed by atoms with Crippen LogP contribution in [-0.4, -0.2) is 38.6 Å². The smallest absolute Gasteiger partial charge is 0.153 e. The Morgan fingerprint density at radius 3 is 2.38 bits per heavy atom. The predicted octanol–water partition coefficient (Wildman–Crippen LogP) is 1.95. The fourth-order valence-corrected chi connectivity index (χ4v) is 3.44. The van der Waals surface area contributed by atoms with Crippen molar-refractivity contribution in [2.24, 2.45) is 0 Å². The summed E-state index contributed by atoms with van der Waals surface area (Å²) in [5.41, 5.74) is 1.36. The average Bonchev–Trinajstić information content (AvgIpc) is 2.36. The van der Waals surface area contributed by atoms with E-state index in [2.05, 4.69) is 26.1 Å². The van der Waals surface area contributed by atoms with Crippen LogP contribution in [0.3, 0.4) is 0 Å². The molecule has 0 atom stereocenters. The number of sulfone groups is 1. The Morgan fingerprint density at radius 1 is 1.24 bits per heavy atom. The van der Waals surface area contributed by atoms with E-state index in [0.29, 0.717) is 25.3 Å². The number of halogens is 1. The normalized spacial score (nSPS) is 18.8. The van der Waals surface area contributed by atoms with E-state index >= 15 is 0 Å². The summed E-state index contributed by atoms with van der Waals surface area (Å²) < 4.78 is 37.1. The summed E-state index contributed by atoms with van der Waals surface area (Å²) in [6.07, 6.45) is 0. The molecule has 21 heavy (non-hydrogen) atoms. The SMILES string of the molecule is CC(C)(C)NCc1ccc(N2CCS(=O)(=O)CC2)c(F)c1. The van der Waals surface area contributed by atoms with Gasteiger partial charge in [-0.25, -0.2) is 12.8 Å². The molecule has 0 spiro atoms. The summed E-state index contributed by atoms with van der Waals surface area (Å²) in [6.45, 7) is 7.51. The third-order valence-corrected chi connectivity index (χ3v) is 5.13. The van der Waals surface area contributed by atoms with Crippen LogP contribution >= 0.6 is 0 Å². The summed E-state index contributed by atoms with van der Waals surface area (Å²) in [6, 6.07) is 5.16. The molecule has 1 saturated heterocycles. The van der Waals surface area contributed by atoms with Crippen molar-refractivity contribution in [2.75, 3.05) is 29.5 Å². The Labute approximate surface area is 126 Å². The van der Waals surface area contributed by atoms with Crippen molar-refractivity contribution in [2.45, 2.75) is 32.9 Å². The van der Waals surface area contributed by atoms with Gasteiger partial charge in [0.25, 0.3) is 0 Å². The van der Waals surface area contributed by atoms with Crippen LogP contribution in [0.4, 0.5) is 10.1 Å². The van der Waals surface area contributed by atoms with Crippen molar-refractivity contribution in [3.05, 3.63) is 29.6 Å². The Hall–Kier alpha value is -1.14. The molecule has 0 unspecified atom stereocenters. The first-order chi connectivity index (χ1) is 9.66. The van der Waals surface area contributed by atoms with Crippen molar-refractivity contribution >= 4 is 15.5 Å². The fraction of sp³-hybridized carbons (Fsp3) is 0.600. The van der Waals surface area contributed by atoms with Crippen molar-refractivity contribution in [3.63, 3.8) is 0 Å². The molecule has 2 rings (SSSR count). The molecule has 6 heteroatoms. The fourth-order valence-electron chi connectivity index (χ4n) is 2.24. The zero-order chi connectivity index (χ0) is 15.7. The highest BCUT2D eigenvalue weighted by molar-refractivity contribution is 7.91. The van der Waals surface area contributed by atoms with Crippen LogP contribution in [0, 0.1) is 5.82 Å². The minimum Gasteiger partial charge on any atom is -0.367 e. The molecule has 0 radical (unpaired) electrons. The lowest BCUT2D eigenvalue weighted by Gasteiger charge is -2.29. The molecule has 4 nitrogen and oxygen atoms in total. The lowest BCUT2D eigenvalue weighted by molar-refractivity contribution is 0.423. The topological polar surface area (TPSA) is 49.4 Å². The number of anilines is 1. The summed E-state index contributed by atoms with van der Waals surface area (Å²) in [5.74, 6) is -0.0954. The molecule has 0 saturated carbocycles. The molecule has 118 valence electrons. The standard InChI is InChI=1S/C15H23FN2O2S/c1-15(2,3)17-11-12-4-5-14(13(16)10-12)18-6-8-21(19,20)9-7-18/h4-5,10,17H,6-9,11H2,1-3H3. The van der Waals surface area contributed by atoms with E-state index in [4.69, 9.17) is 0 Å². The van der Waals surface area contributed by atoms with Gasteiger partial charge in [-0.05, 0) is 38.5 Å². The van der Waals surface area contributed by atoms with Crippen LogP contribution in [0.5, 0.6) is 0 Å². The third kappa shape index (κ3) is 4.68. The second-order valence-electron chi connectivity index (χ2n) is 6.53. The molecular formula is C15H23FN2O2S. The maximum Gasteiger partial charge on any atom is 0.153 e. The minimum absolute atomic E-state index is 0.0175. The lowest BCUT2D eigenvalue weighted by Crippen LogP contribution is -2.40. The van der Waals surface area contributed by atoms with Gasteiger partial charge in [0.15, 0.2) is 9.84 Å². The maximum absolute atomic E-state index is 14.2. The van der Waals surface area contributed by atoms with Crippen LogP contribution in [0.15, 0.2) is 18.2 Å². The number of hydrogen-bond acceptors (Lipinski definition) is 4. The molecule has 1 heterocycles. The molecule has 1 aliphatic rings. The van der Waals surface area contributed by atoms with E-state index < -0.39 is 9.84 Å². The van der Waals surface area contributed by atoms with Crippen LogP contribution in [0.1, 0.15) is 26.3 Å². The van der Waals surface area contributed by atoms with Gasteiger partial charge >= 0.3 is 0 Å². The predicted molar refractivity (Wildman–Crippen MR) is 83.9 cm³/mol. The molecule has 0 aliphatic carbocycles.